The van der Waals surface area contributed by atoms with Gasteiger partial charge in [0.15, 0.2) is 0 Å². The first-order valence-electron chi connectivity index (χ1n) is 8.76. The summed E-state index contributed by atoms with van der Waals surface area (Å²) in [7, 11) is -1.17. The zero-order valence-electron chi connectivity index (χ0n) is 15.6. The molecule has 146 valence electrons. The smallest absolute Gasteiger partial charge is 0.124 e. The molecule has 1 unspecified atom stereocenters. The minimum absolute atomic E-state index is 0.378. The van der Waals surface area contributed by atoms with Crippen molar-refractivity contribution in [1.29, 1.82) is 0 Å². The van der Waals surface area contributed by atoms with E-state index in [1.165, 1.54) is 0 Å². The summed E-state index contributed by atoms with van der Waals surface area (Å²) in [6, 6.07) is 13.0. The molecule has 0 saturated heterocycles. The van der Waals surface area contributed by atoms with Crippen molar-refractivity contribution in [1.82, 2.24) is 9.78 Å². The normalized spacial score (nSPS) is 12.1. The zero-order valence-corrected chi connectivity index (χ0v) is 17.9. The molecule has 0 aliphatic rings. The van der Waals surface area contributed by atoms with Gasteiger partial charge in [0.25, 0.3) is 0 Å². The summed E-state index contributed by atoms with van der Waals surface area (Å²) >= 11 is 12.0. The van der Waals surface area contributed by atoms with Crippen LogP contribution >= 0.6 is 23.2 Å². The van der Waals surface area contributed by atoms with Gasteiger partial charge >= 0.3 is 0 Å². The lowest BCUT2D eigenvalue weighted by molar-refractivity contribution is -0.107. The second kappa shape index (κ2) is 9.03. The zero-order chi connectivity index (χ0) is 20.3. The van der Waals surface area contributed by atoms with Crippen molar-refractivity contribution in [3.05, 3.63) is 80.6 Å². The van der Waals surface area contributed by atoms with Crippen LogP contribution in [0.1, 0.15) is 28.1 Å². The lowest BCUT2D eigenvalue weighted by atomic mass is 10.1. The lowest BCUT2D eigenvalue weighted by Crippen LogP contribution is -2.05. The third kappa shape index (κ3) is 4.72. The van der Waals surface area contributed by atoms with E-state index in [1.54, 1.807) is 12.1 Å². The average molecular weight is 435 g/mol. The minimum Gasteiger partial charge on any atom is -0.303 e. The molecule has 0 fully saturated rings. The van der Waals surface area contributed by atoms with Crippen molar-refractivity contribution in [2.75, 3.05) is 0 Å². The van der Waals surface area contributed by atoms with Gasteiger partial charge in [0, 0.05) is 22.6 Å². The van der Waals surface area contributed by atoms with Gasteiger partial charge < -0.3 is 4.79 Å². The van der Waals surface area contributed by atoms with Crippen molar-refractivity contribution >= 4 is 40.3 Å². The molecule has 0 saturated carbocycles. The highest BCUT2D eigenvalue weighted by Gasteiger charge is 2.12. The van der Waals surface area contributed by atoms with Gasteiger partial charge in [-0.15, -0.1) is 0 Å². The molecule has 0 amide bonds. The van der Waals surface area contributed by atoms with Crippen LogP contribution in [-0.4, -0.2) is 20.3 Å². The molecule has 4 nitrogen and oxygen atoms in total. The Bertz CT molecular complexity index is 1030. The molecule has 0 N–H and O–H groups in total. The first kappa shape index (κ1) is 20.8. The molecular formula is C21H20Cl2N2O2S. The van der Waals surface area contributed by atoms with Crippen molar-refractivity contribution in [2.45, 2.75) is 37.5 Å². The van der Waals surface area contributed by atoms with Gasteiger partial charge in [-0.3, -0.25) is 8.89 Å². The van der Waals surface area contributed by atoms with E-state index in [0.717, 1.165) is 39.3 Å². The number of carbonyl (C=O) groups is 1. The van der Waals surface area contributed by atoms with E-state index in [2.05, 4.69) is 5.10 Å². The summed E-state index contributed by atoms with van der Waals surface area (Å²) in [6.07, 6.45) is 1.28. The van der Waals surface area contributed by atoms with E-state index < -0.39 is 10.8 Å². The largest absolute Gasteiger partial charge is 0.303 e. The van der Waals surface area contributed by atoms with Gasteiger partial charge in [-0.2, -0.15) is 5.10 Å². The second-order valence-electron chi connectivity index (χ2n) is 6.56. The molecule has 0 bridgehead atoms. The van der Waals surface area contributed by atoms with Gasteiger partial charge in [-0.1, -0.05) is 41.4 Å². The number of benzene rings is 2. The van der Waals surface area contributed by atoms with E-state index in [0.29, 0.717) is 28.8 Å². The standard InChI is InChI=1S/C21H20Cl2N2O2S/c1-14-19(9-10-26)15(2)25(24-14)12-16-3-6-18(7-4-16)28(27)13-17-5-8-20(22)21(23)11-17/h3-8,10-11H,9,12-13H2,1-2H3. The number of aldehydes is 1. The highest BCUT2D eigenvalue weighted by atomic mass is 35.5. The van der Waals surface area contributed by atoms with Crippen LogP contribution in [0.15, 0.2) is 47.4 Å². The highest BCUT2D eigenvalue weighted by Crippen LogP contribution is 2.24. The van der Waals surface area contributed by atoms with Crippen LogP contribution in [0, 0.1) is 13.8 Å². The Labute approximate surface area is 176 Å². The monoisotopic (exact) mass is 434 g/mol. The summed E-state index contributed by atoms with van der Waals surface area (Å²) in [5.74, 6) is 0.378. The topological polar surface area (TPSA) is 52.0 Å². The predicted molar refractivity (Wildman–Crippen MR) is 114 cm³/mol. The Morgan fingerprint density at radius 3 is 2.36 bits per heavy atom. The molecule has 1 heterocycles. The summed E-state index contributed by atoms with van der Waals surface area (Å²) in [5.41, 5.74) is 4.79. The van der Waals surface area contributed by atoms with E-state index in [4.69, 9.17) is 23.2 Å². The summed E-state index contributed by atoms with van der Waals surface area (Å²) in [5, 5.41) is 5.48. The number of hydrogen-bond acceptors (Lipinski definition) is 3. The van der Waals surface area contributed by atoms with Crippen LogP contribution in [-0.2, 0) is 34.3 Å². The van der Waals surface area contributed by atoms with Gasteiger partial charge in [-0.05, 0) is 49.2 Å². The first-order valence-corrected chi connectivity index (χ1v) is 10.8. The van der Waals surface area contributed by atoms with E-state index in [-0.39, 0.29) is 0 Å². The van der Waals surface area contributed by atoms with Crippen molar-refractivity contribution < 1.29 is 9.00 Å². The summed E-state index contributed by atoms with van der Waals surface area (Å²) in [6.45, 7) is 4.49. The molecule has 0 aliphatic carbocycles. The molecule has 28 heavy (non-hydrogen) atoms. The van der Waals surface area contributed by atoms with E-state index in [9.17, 15) is 9.00 Å². The molecule has 1 atom stereocenters. The number of halogens is 2. The van der Waals surface area contributed by atoms with Crippen LogP contribution < -0.4 is 0 Å². The fraction of sp³-hybridized carbons (Fsp3) is 0.238. The Kier molecular flexibility index (Phi) is 6.70. The maximum absolute atomic E-state index is 12.6. The van der Waals surface area contributed by atoms with Gasteiger partial charge in [-0.25, -0.2) is 0 Å². The maximum Gasteiger partial charge on any atom is 0.124 e. The third-order valence-corrected chi connectivity index (χ3v) is 6.75. The molecule has 2 aromatic carbocycles. The minimum atomic E-state index is -1.17. The van der Waals surface area contributed by atoms with Gasteiger partial charge in [0.05, 0.1) is 38.8 Å². The number of nitrogens with zero attached hydrogens (tertiary/aromatic N) is 2. The summed E-state index contributed by atoms with van der Waals surface area (Å²) < 4.78 is 14.5. The Morgan fingerprint density at radius 1 is 1.04 bits per heavy atom. The molecule has 3 aromatic rings. The van der Waals surface area contributed by atoms with E-state index >= 15 is 0 Å². The van der Waals surface area contributed by atoms with Crippen molar-refractivity contribution in [3.8, 4) is 0 Å². The molecule has 0 spiro atoms. The number of rotatable bonds is 7. The van der Waals surface area contributed by atoms with Crippen molar-refractivity contribution in [2.24, 2.45) is 0 Å². The summed E-state index contributed by atoms with van der Waals surface area (Å²) in [4.78, 5) is 11.6. The third-order valence-electron chi connectivity index (χ3n) is 4.62. The van der Waals surface area contributed by atoms with Crippen LogP contribution in [0.25, 0.3) is 0 Å². The molecule has 7 heteroatoms. The SMILES string of the molecule is Cc1nn(Cc2ccc(S(=O)Cc3ccc(Cl)c(Cl)c3)cc2)c(C)c1CC=O. The molecule has 0 radical (unpaired) electrons. The Hall–Kier alpha value is -1.95. The lowest BCUT2D eigenvalue weighted by Gasteiger charge is -2.08. The van der Waals surface area contributed by atoms with Crippen molar-refractivity contribution in [3.63, 3.8) is 0 Å². The average Bonchev–Trinajstić information content (AvgIpc) is 2.93. The highest BCUT2D eigenvalue weighted by molar-refractivity contribution is 7.84. The Morgan fingerprint density at radius 2 is 1.71 bits per heavy atom. The molecular weight excluding hydrogens is 415 g/mol. The molecule has 0 aliphatic heterocycles. The van der Waals surface area contributed by atoms with E-state index in [1.807, 2.05) is 48.9 Å². The van der Waals surface area contributed by atoms with Gasteiger partial charge in [0.1, 0.15) is 6.29 Å². The number of carbonyl (C=O) groups excluding carboxylic acids is 1. The van der Waals surface area contributed by atoms with Crippen LogP contribution in [0.2, 0.25) is 10.0 Å². The number of hydrogen-bond donors (Lipinski definition) is 0. The maximum atomic E-state index is 12.6. The fourth-order valence-corrected chi connectivity index (χ4v) is 4.46. The first-order chi connectivity index (χ1) is 13.4. The van der Waals surface area contributed by atoms with Crippen LogP contribution in [0.5, 0.6) is 0 Å². The van der Waals surface area contributed by atoms with Gasteiger partial charge in [0.2, 0.25) is 0 Å². The van der Waals surface area contributed by atoms with Crippen LogP contribution in [0.3, 0.4) is 0 Å². The predicted octanol–water partition coefficient (Wildman–Crippen LogP) is 4.90. The fourth-order valence-electron chi connectivity index (χ4n) is 3.05. The van der Waals surface area contributed by atoms with Crippen LogP contribution in [0.4, 0.5) is 0 Å². The molecule has 1 aromatic heterocycles. The Balaban J connectivity index is 1.71. The number of aryl methyl sites for hydroxylation is 1. The molecule has 3 rings (SSSR count). The number of aromatic nitrogens is 2. The quantitative estimate of drug-likeness (QED) is 0.496. The second-order valence-corrected chi connectivity index (χ2v) is 8.83.